The summed E-state index contributed by atoms with van der Waals surface area (Å²) < 4.78 is 13.2. The molecule has 116 valence electrons. The number of carbonyl (C=O) groups excluding carboxylic acids is 1. The lowest BCUT2D eigenvalue weighted by Crippen LogP contribution is -2.46. The lowest BCUT2D eigenvalue weighted by Gasteiger charge is -2.40. The van der Waals surface area contributed by atoms with Crippen LogP contribution < -0.4 is 11.1 Å². The molecule has 0 bridgehead atoms. The van der Waals surface area contributed by atoms with Crippen LogP contribution in [0.15, 0.2) is 18.2 Å². The number of benzene rings is 1. The lowest BCUT2D eigenvalue weighted by molar-refractivity contribution is -0.0233. The van der Waals surface area contributed by atoms with Crippen LogP contribution in [0.4, 0.5) is 10.1 Å². The summed E-state index contributed by atoms with van der Waals surface area (Å²) in [5.74, 6) is -0.960. The molecule has 1 aromatic carbocycles. The largest absolute Gasteiger partial charge is 0.399 e. The highest BCUT2D eigenvalue weighted by atomic mass is 19.1. The molecule has 0 saturated heterocycles. The molecule has 1 saturated carbocycles. The van der Waals surface area contributed by atoms with Gasteiger partial charge in [-0.15, -0.1) is 0 Å². The summed E-state index contributed by atoms with van der Waals surface area (Å²) in [5.41, 5.74) is 5.28. The Labute approximate surface area is 124 Å². The fourth-order valence-electron chi connectivity index (χ4n) is 2.66. The van der Waals surface area contributed by atoms with Gasteiger partial charge in [0.2, 0.25) is 0 Å². The average molecular weight is 294 g/mol. The molecule has 1 aliphatic rings. The Bertz CT molecular complexity index is 513. The van der Waals surface area contributed by atoms with Gasteiger partial charge in [0.25, 0.3) is 5.91 Å². The van der Waals surface area contributed by atoms with Gasteiger partial charge in [-0.25, -0.2) is 4.39 Å². The summed E-state index contributed by atoms with van der Waals surface area (Å²) >= 11 is 0. The van der Waals surface area contributed by atoms with Crippen LogP contribution in [0, 0.1) is 11.2 Å². The zero-order valence-corrected chi connectivity index (χ0v) is 12.6. The maximum absolute atomic E-state index is 13.2. The van der Waals surface area contributed by atoms with Crippen molar-refractivity contribution in [3.8, 4) is 0 Å². The Hall–Kier alpha value is -1.62. The number of aliphatic hydroxyl groups is 1. The van der Waals surface area contributed by atoms with E-state index >= 15 is 0 Å². The average Bonchev–Trinajstić information content (AvgIpc) is 2.39. The van der Waals surface area contributed by atoms with Crippen LogP contribution in [0.5, 0.6) is 0 Å². The highest BCUT2D eigenvalue weighted by Gasteiger charge is 2.36. The van der Waals surface area contributed by atoms with Gasteiger partial charge < -0.3 is 16.2 Å². The third-order valence-electron chi connectivity index (χ3n) is 4.29. The van der Waals surface area contributed by atoms with Crippen LogP contribution in [0.2, 0.25) is 0 Å². The van der Waals surface area contributed by atoms with E-state index in [0.717, 1.165) is 25.0 Å². The van der Waals surface area contributed by atoms with E-state index in [1.54, 1.807) is 0 Å². The van der Waals surface area contributed by atoms with Crippen LogP contribution in [0.1, 0.15) is 49.9 Å². The number of carbonyl (C=O) groups is 1. The molecule has 0 atom stereocenters. The lowest BCUT2D eigenvalue weighted by atomic mass is 9.71. The highest BCUT2D eigenvalue weighted by Crippen LogP contribution is 2.39. The molecular formula is C16H23FN2O2. The third kappa shape index (κ3) is 4.17. The summed E-state index contributed by atoms with van der Waals surface area (Å²) in [6, 6.07) is 3.72. The van der Waals surface area contributed by atoms with Crippen LogP contribution in [-0.2, 0) is 0 Å². The molecule has 4 nitrogen and oxygen atoms in total. The predicted octanol–water partition coefficient (Wildman–Crippen LogP) is 2.47. The third-order valence-corrected chi connectivity index (χ3v) is 4.29. The van der Waals surface area contributed by atoms with Crippen LogP contribution in [0.3, 0.4) is 0 Å². The smallest absolute Gasteiger partial charge is 0.251 e. The van der Waals surface area contributed by atoms with E-state index in [0.29, 0.717) is 12.8 Å². The normalized spacial score (nSPS) is 20.0. The first kappa shape index (κ1) is 15.8. The quantitative estimate of drug-likeness (QED) is 0.750. The fourth-order valence-corrected chi connectivity index (χ4v) is 2.66. The van der Waals surface area contributed by atoms with Gasteiger partial charge in [0.1, 0.15) is 5.82 Å². The maximum atomic E-state index is 13.2. The van der Waals surface area contributed by atoms with Crippen molar-refractivity contribution in [3.05, 3.63) is 29.6 Å². The molecule has 2 rings (SSSR count). The molecule has 5 heteroatoms. The van der Waals surface area contributed by atoms with Gasteiger partial charge in [0.05, 0.1) is 5.60 Å². The Kier molecular flexibility index (Phi) is 4.23. The Morgan fingerprint density at radius 3 is 2.48 bits per heavy atom. The van der Waals surface area contributed by atoms with E-state index in [1.165, 1.54) is 6.07 Å². The molecule has 1 aliphatic carbocycles. The van der Waals surface area contributed by atoms with Crippen molar-refractivity contribution in [1.29, 1.82) is 0 Å². The minimum Gasteiger partial charge on any atom is -0.399 e. The number of amides is 1. The number of hydrogen-bond acceptors (Lipinski definition) is 3. The van der Waals surface area contributed by atoms with Gasteiger partial charge in [0.15, 0.2) is 0 Å². The standard InChI is InChI=1S/C16H23FN2O2/c1-15(2)3-5-16(21,6-4-15)10-19-14(20)11-7-12(17)9-13(18)8-11/h7-9,21H,3-6,10,18H2,1-2H3,(H,19,20). The summed E-state index contributed by atoms with van der Waals surface area (Å²) in [7, 11) is 0. The van der Waals surface area contributed by atoms with E-state index in [9.17, 15) is 14.3 Å². The monoisotopic (exact) mass is 294 g/mol. The van der Waals surface area contributed by atoms with Crippen LogP contribution in [0.25, 0.3) is 0 Å². The molecule has 1 aromatic rings. The second-order valence-electron chi connectivity index (χ2n) is 6.84. The van der Waals surface area contributed by atoms with Crippen molar-refractivity contribution < 1.29 is 14.3 Å². The Morgan fingerprint density at radius 2 is 1.90 bits per heavy atom. The van der Waals surface area contributed by atoms with E-state index in [2.05, 4.69) is 19.2 Å². The molecule has 0 unspecified atom stereocenters. The predicted molar refractivity (Wildman–Crippen MR) is 80.3 cm³/mol. The van der Waals surface area contributed by atoms with Crippen molar-refractivity contribution in [2.75, 3.05) is 12.3 Å². The molecule has 0 aromatic heterocycles. The second-order valence-corrected chi connectivity index (χ2v) is 6.84. The van der Waals surface area contributed by atoms with Gasteiger partial charge in [-0.3, -0.25) is 4.79 Å². The summed E-state index contributed by atoms with van der Waals surface area (Å²) in [5, 5.41) is 13.2. The Morgan fingerprint density at radius 1 is 1.29 bits per heavy atom. The zero-order valence-electron chi connectivity index (χ0n) is 12.6. The summed E-state index contributed by atoms with van der Waals surface area (Å²) in [6.45, 7) is 4.54. The van der Waals surface area contributed by atoms with Crippen molar-refractivity contribution in [2.45, 2.75) is 45.1 Å². The number of nitrogens with one attached hydrogen (secondary N) is 1. The maximum Gasteiger partial charge on any atom is 0.251 e. The first-order chi connectivity index (χ1) is 9.69. The summed E-state index contributed by atoms with van der Waals surface area (Å²) in [6.07, 6.45) is 3.16. The summed E-state index contributed by atoms with van der Waals surface area (Å²) in [4.78, 5) is 12.0. The number of anilines is 1. The molecule has 1 amide bonds. The second kappa shape index (κ2) is 5.64. The molecule has 21 heavy (non-hydrogen) atoms. The molecule has 0 heterocycles. The van der Waals surface area contributed by atoms with Crippen LogP contribution in [-0.4, -0.2) is 23.2 Å². The van der Waals surface area contributed by atoms with E-state index in [-0.39, 0.29) is 23.2 Å². The topological polar surface area (TPSA) is 75.3 Å². The van der Waals surface area contributed by atoms with Gasteiger partial charge in [-0.05, 0) is 49.3 Å². The van der Waals surface area contributed by atoms with E-state index in [4.69, 9.17) is 5.73 Å². The first-order valence-corrected chi connectivity index (χ1v) is 7.26. The Balaban J connectivity index is 1.95. The van der Waals surface area contributed by atoms with Gasteiger partial charge in [-0.2, -0.15) is 0 Å². The number of nitrogens with two attached hydrogens (primary N) is 1. The minimum absolute atomic E-state index is 0.173. The van der Waals surface area contributed by atoms with Crippen molar-refractivity contribution in [1.82, 2.24) is 5.32 Å². The molecule has 4 N–H and O–H groups in total. The fraction of sp³-hybridized carbons (Fsp3) is 0.562. The van der Waals surface area contributed by atoms with E-state index < -0.39 is 17.3 Å². The zero-order chi connectivity index (χ0) is 15.7. The highest BCUT2D eigenvalue weighted by molar-refractivity contribution is 5.95. The minimum atomic E-state index is -0.871. The van der Waals surface area contributed by atoms with Crippen molar-refractivity contribution >= 4 is 11.6 Å². The molecule has 0 radical (unpaired) electrons. The van der Waals surface area contributed by atoms with Gasteiger partial charge in [0, 0.05) is 17.8 Å². The number of rotatable bonds is 3. The number of halogens is 1. The molecule has 0 aliphatic heterocycles. The van der Waals surface area contributed by atoms with Crippen molar-refractivity contribution in [2.24, 2.45) is 5.41 Å². The molecule has 1 fully saturated rings. The van der Waals surface area contributed by atoms with Crippen LogP contribution >= 0.6 is 0 Å². The van der Waals surface area contributed by atoms with Gasteiger partial charge >= 0.3 is 0 Å². The molecule has 0 spiro atoms. The number of hydrogen-bond donors (Lipinski definition) is 3. The van der Waals surface area contributed by atoms with Gasteiger partial charge in [-0.1, -0.05) is 13.8 Å². The molecular weight excluding hydrogens is 271 g/mol. The number of nitrogen functional groups attached to an aromatic ring is 1. The SMILES string of the molecule is CC1(C)CCC(O)(CNC(=O)c2cc(N)cc(F)c2)CC1. The van der Waals surface area contributed by atoms with Crippen molar-refractivity contribution in [3.63, 3.8) is 0 Å². The first-order valence-electron chi connectivity index (χ1n) is 7.26. The van der Waals surface area contributed by atoms with E-state index in [1.807, 2.05) is 0 Å².